The molecule has 1 N–H and O–H groups in total. The second-order valence-corrected chi connectivity index (χ2v) is 11.4. The highest BCUT2D eigenvalue weighted by Crippen LogP contribution is 2.41. The molecule has 1 atom stereocenters. The minimum absolute atomic E-state index is 0.0261. The van der Waals surface area contributed by atoms with Crippen LogP contribution in [0.3, 0.4) is 0 Å². The quantitative estimate of drug-likeness (QED) is 0.567. The third-order valence-electron chi connectivity index (χ3n) is 7.05. The molecule has 1 aromatic carbocycles. The largest absolute Gasteiger partial charge is 0.378 e. The number of fused-ring (bicyclic) bond motifs is 3. The molecule has 0 bridgehead atoms. The van der Waals surface area contributed by atoms with Crippen LogP contribution in [0.15, 0.2) is 34.2 Å². The lowest BCUT2D eigenvalue weighted by atomic mass is 10.0. The SMILES string of the molecule is N=CCC=NCCN1CCCC(n2nc(C(=O)N3CCOCC3)c3c2-c2ccccc2S(=O)(=O)C3)C1. The van der Waals surface area contributed by atoms with Gasteiger partial charge in [0.2, 0.25) is 0 Å². The van der Waals surface area contributed by atoms with Crippen LogP contribution >= 0.6 is 0 Å². The molecule has 3 aliphatic rings. The maximum absolute atomic E-state index is 13.5. The fraction of sp³-hybridized carbons (Fsp3) is 0.520. The number of aliphatic imine (C=N–C) groups is 1. The van der Waals surface area contributed by atoms with Crippen molar-refractivity contribution in [2.24, 2.45) is 4.99 Å². The van der Waals surface area contributed by atoms with Gasteiger partial charge in [-0.25, -0.2) is 8.42 Å². The van der Waals surface area contributed by atoms with Gasteiger partial charge in [-0.15, -0.1) is 0 Å². The maximum atomic E-state index is 13.5. The van der Waals surface area contributed by atoms with E-state index in [-0.39, 0.29) is 23.4 Å². The maximum Gasteiger partial charge on any atom is 0.274 e. The van der Waals surface area contributed by atoms with Gasteiger partial charge < -0.3 is 15.0 Å². The van der Waals surface area contributed by atoms with Crippen molar-refractivity contribution in [3.8, 4) is 11.3 Å². The lowest BCUT2D eigenvalue weighted by Gasteiger charge is -2.33. The van der Waals surface area contributed by atoms with Gasteiger partial charge >= 0.3 is 0 Å². The lowest BCUT2D eigenvalue weighted by molar-refractivity contribution is 0.0297. The molecule has 2 fully saturated rings. The van der Waals surface area contributed by atoms with E-state index in [0.717, 1.165) is 38.2 Å². The average molecular weight is 513 g/mol. The van der Waals surface area contributed by atoms with E-state index in [9.17, 15) is 13.2 Å². The summed E-state index contributed by atoms with van der Waals surface area (Å²) in [5.74, 6) is -0.445. The van der Waals surface area contributed by atoms with Crippen LogP contribution in [-0.2, 0) is 20.3 Å². The third-order valence-corrected chi connectivity index (χ3v) is 8.74. The van der Waals surface area contributed by atoms with Gasteiger partial charge in [-0.1, -0.05) is 18.2 Å². The predicted octanol–water partition coefficient (Wildman–Crippen LogP) is 2.06. The first-order chi connectivity index (χ1) is 17.5. The van der Waals surface area contributed by atoms with Crippen molar-refractivity contribution in [1.82, 2.24) is 19.6 Å². The Morgan fingerprint density at radius 3 is 2.83 bits per heavy atom. The number of likely N-dealkylation sites (tertiary alicyclic amines) is 1. The highest BCUT2D eigenvalue weighted by atomic mass is 32.2. The molecule has 0 saturated carbocycles. The first-order valence-corrected chi connectivity index (χ1v) is 14.1. The second kappa shape index (κ2) is 10.6. The van der Waals surface area contributed by atoms with Crippen LogP contribution in [-0.4, -0.2) is 98.8 Å². The molecule has 3 aliphatic heterocycles. The first-order valence-electron chi connectivity index (χ1n) is 12.5. The average Bonchev–Trinajstić information content (AvgIpc) is 3.27. The Labute approximate surface area is 211 Å². The second-order valence-electron chi connectivity index (χ2n) is 9.41. The zero-order valence-electron chi connectivity index (χ0n) is 20.3. The van der Waals surface area contributed by atoms with Crippen LogP contribution in [0.25, 0.3) is 11.3 Å². The zero-order chi connectivity index (χ0) is 25.1. The molecule has 1 amide bonds. The summed E-state index contributed by atoms with van der Waals surface area (Å²) in [5, 5.41) is 11.9. The smallest absolute Gasteiger partial charge is 0.274 e. The molecule has 11 heteroatoms. The topological polar surface area (TPSA) is 121 Å². The summed E-state index contributed by atoms with van der Waals surface area (Å²) in [5.41, 5.74) is 2.14. The van der Waals surface area contributed by atoms with Gasteiger partial charge in [0, 0.05) is 56.2 Å². The van der Waals surface area contributed by atoms with Gasteiger partial charge in [0.05, 0.1) is 42.1 Å². The van der Waals surface area contributed by atoms with Gasteiger partial charge in [0.15, 0.2) is 15.5 Å². The molecule has 0 aliphatic carbocycles. The van der Waals surface area contributed by atoms with Gasteiger partial charge in [-0.05, 0) is 25.5 Å². The summed E-state index contributed by atoms with van der Waals surface area (Å²) in [6, 6.07) is 7.07. The normalized spacial score (nSPS) is 21.8. The molecule has 36 heavy (non-hydrogen) atoms. The molecule has 0 radical (unpaired) electrons. The number of benzene rings is 1. The number of piperidine rings is 1. The molecule has 5 rings (SSSR count). The van der Waals surface area contributed by atoms with Crippen LogP contribution in [0.1, 0.15) is 41.4 Å². The van der Waals surface area contributed by atoms with Crippen molar-refractivity contribution in [2.75, 3.05) is 52.5 Å². The summed E-state index contributed by atoms with van der Waals surface area (Å²) in [6.45, 7) is 5.07. The Hall–Kier alpha value is -2.89. The number of hydrogen-bond acceptors (Lipinski definition) is 8. The number of aromatic nitrogens is 2. The summed E-state index contributed by atoms with van der Waals surface area (Å²) in [6.07, 6.45) is 5.52. The molecule has 2 aromatic rings. The number of hydrogen-bond donors (Lipinski definition) is 1. The fourth-order valence-corrected chi connectivity index (χ4v) is 6.89. The number of amides is 1. The number of carbonyl (C=O) groups excluding carboxylic acids is 1. The first kappa shape index (κ1) is 24.8. The molecule has 10 nitrogen and oxygen atoms in total. The molecule has 2 saturated heterocycles. The van der Waals surface area contributed by atoms with Crippen molar-refractivity contribution in [1.29, 1.82) is 5.41 Å². The van der Waals surface area contributed by atoms with Crippen LogP contribution < -0.4 is 0 Å². The van der Waals surface area contributed by atoms with E-state index >= 15 is 0 Å². The van der Waals surface area contributed by atoms with Gasteiger partial charge in [0.1, 0.15) is 0 Å². The van der Waals surface area contributed by atoms with Crippen molar-refractivity contribution in [3.05, 3.63) is 35.5 Å². The summed E-state index contributed by atoms with van der Waals surface area (Å²) < 4.78 is 33.7. The van der Waals surface area contributed by atoms with E-state index in [0.29, 0.717) is 55.3 Å². The van der Waals surface area contributed by atoms with Gasteiger partial charge in [-0.2, -0.15) is 5.10 Å². The number of carbonyl (C=O) groups is 1. The van der Waals surface area contributed by atoms with E-state index < -0.39 is 9.84 Å². The van der Waals surface area contributed by atoms with E-state index in [4.69, 9.17) is 15.2 Å². The van der Waals surface area contributed by atoms with Gasteiger partial charge in [0.25, 0.3) is 5.91 Å². The number of morpholine rings is 1. The van der Waals surface area contributed by atoms with Crippen LogP contribution in [0.2, 0.25) is 0 Å². The fourth-order valence-electron chi connectivity index (χ4n) is 5.30. The van der Waals surface area contributed by atoms with Crippen molar-refractivity contribution >= 4 is 28.2 Å². The zero-order valence-corrected chi connectivity index (χ0v) is 21.1. The summed E-state index contributed by atoms with van der Waals surface area (Å²) in [7, 11) is -3.58. The standard InChI is InChI=1S/C25H32N6O4S/c26-8-4-9-27-10-12-29-11-3-5-19(17-29)31-24-20-6-1-2-7-22(20)36(33,34)18-21(24)23(28-31)25(32)30-13-15-35-16-14-30/h1-2,6-9,19,26H,3-5,10-18H2. The van der Waals surface area contributed by atoms with Crippen molar-refractivity contribution < 1.29 is 17.9 Å². The molecule has 4 heterocycles. The van der Waals surface area contributed by atoms with Crippen molar-refractivity contribution in [2.45, 2.75) is 36.0 Å². The van der Waals surface area contributed by atoms with Crippen molar-refractivity contribution in [3.63, 3.8) is 0 Å². The minimum atomic E-state index is -3.58. The van der Waals surface area contributed by atoms with E-state index in [2.05, 4.69) is 9.89 Å². The highest BCUT2D eigenvalue weighted by Gasteiger charge is 2.38. The lowest BCUT2D eigenvalue weighted by Crippen LogP contribution is -2.41. The Kier molecular flexibility index (Phi) is 7.31. The molecule has 1 aromatic heterocycles. The summed E-state index contributed by atoms with van der Waals surface area (Å²) in [4.78, 5) is 22.3. The van der Waals surface area contributed by atoms with Crippen LogP contribution in [0, 0.1) is 5.41 Å². The minimum Gasteiger partial charge on any atom is -0.378 e. The number of nitrogens with one attached hydrogen (secondary N) is 1. The van der Waals surface area contributed by atoms with E-state index in [1.807, 2.05) is 16.8 Å². The number of rotatable bonds is 7. The molecular formula is C25H32N6O4S. The Morgan fingerprint density at radius 1 is 1.22 bits per heavy atom. The predicted molar refractivity (Wildman–Crippen MR) is 137 cm³/mol. The Balaban J connectivity index is 1.51. The number of nitrogens with zero attached hydrogens (tertiary/aromatic N) is 5. The Bertz CT molecular complexity index is 1270. The molecule has 0 spiro atoms. The van der Waals surface area contributed by atoms with E-state index in [1.54, 1.807) is 23.2 Å². The molecule has 192 valence electrons. The summed E-state index contributed by atoms with van der Waals surface area (Å²) >= 11 is 0. The number of ether oxygens (including phenoxy) is 1. The third kappa shape index (κ3) is 4.87. The van der Waals surface area contributed by atoms with E-state index in [1.165, 1.54) is 6.21 Å². The van der Waals surface area contributed by atoms with Gasteiger partial charge in [-0.3, -0.25) is 19.4 Å². The highest BCUT2D eigenvalue weighted by molar-refractivity contribution is 7.90. The number of sulfone groups is 1. The monoisotopic (exact) mass is 512 g/mol. The van der Waals surface area contributed by atoms with Crippen LogP contribution in [0.4, 0.5) is 0 Å². The Morgan fingerprint density at radius 2 is 2.03 bits per heavy atom. The van der Waals surface area contributed by atoms with Crippen LogP contribution in [0.5, 0.6) is 0 Å². The molecular weight excluding hydrogens is 480 g/mol. The molecule has 1 unspecified atom stereocenters.